The first-order valence-corrected chi connectivity index (χ1v) is 13.3. The molecule has 2 heterocycles. The molecule has 190 valence electrons. The predicted octanol–water partition coefficient (Wildman–Crippen LogP) is 8.93. The van der Waals surface area contributed by atoms with Gasteiger partial charge in [0.25, 0.3) is 0 Å². The van der Waals surface area contributed by atoms with E-state index >= 15 is 0 Å². The molecule has 0 spiro atoms. The summed E-state index contributed by atoms with van der Waals surface area (Å²) >= 11 is 0. The van der Waals surface area contributed by atoms with E-state index < -0.39 is 0 Å². The Bertz CT molecular complexity index is 1970. The molecule has 0 unspecified atom stereocenters. The molecule has 5 aromatic carbocycles. The number of hydrogen-bond donors (Lipinski definition) is 0. The maximum absolute atomic E-state index is 9.49. The van der Waals surface area contributed by atoms with Crippen molar-refractivity contribution < 1.29 is 4.74 Å². The van der Waals surface area contributed by atoms with Gasteiger partial charge in [-0.2, -0.15) is 5.26 Å². The molecule has 4 nitrogen and oxygen atoms in total. The topological polar surface area (TPSA) is 58.8 Å². The summed E-state index contributed by atoms with van der Waals surface area (Å²) in [6.45, 7) is 4.34. The molecular formula is C36H25N3O. The molecule has 1 aliphatic heterocycles. The highest BCUT2D eigenvalue weighted by molar-refractivity contribution is 5.97. The van der Waals surface area contributed by atoms with E-state index in [1.807, 2.05) is 48.5 Å². The van der Waals surface area contributed by atoms with Gasteiger partial charge < -0.3 is 4.74 Å². The number of ether oxygens (including phenoxy) is 1. The zero-order valence-electron chi connectivity index (χ0n) is 22.2. The molecule has 0 fully saturated rings. The Morgan fingerprint density at radius 1 is 0.650 bits per heavy atom. The number of para-hydroxylation sites is 1. The van der Waals surface area contributed by atoms with E-state index in [-0.39, 0.29) is 5.41 Å². The summed E-state index contributed by atoms with van der Waals surface area (Å²) in [6.07, 6.45) is 0. The molecule has 0 saturated carbocycles. The molecule has 0 atom stereocenters. The van der Waals surface area contributed by atoms with Gasteiger partial charge in [0.2, 0.25) is 0 Å². The minimum absolute atomic E-state index is 0.370. The third kappa shape index (κ3) is 3.83. The lowest BCUT2D eigenvalue weighted by Crippen LogP contribution is -2.24. The molecule has 7 rings (SSSR count). The molecule has 0 saturated heterocycles. The minimum atomic E-state index is -0.370. The first-order valence-electron chi connectivity index (χ1n) is 13.3. The van der Waals surface area contributed by atoms with Gasteiger partial charge in [0, 0.05) is 33.1 Å². The van der Waals surface area contributed by atoms with Crippen LogP contribution in [-0.4, -0.2) is 9.97 Å². The van der Waals surface area contributed by atoms with Crippen molar-refractivity contribution in [2.24, 2.45) is 0 Å². The zero-order chi connectivity index (χ0) is 27.3. The molecule has 4 heteroatoms. The van der Waals surface area contributed by atoms with Crippen LogP contribution >= 0.6 is 0 Å². The first kappa shape index (κ1) is 23.8. The van der Waals surface area contributed by atoms with Crippen LogP contribution in [-0.2, 0) is 5.41 Å². The lowest BCUT2D eigenvalue weighted by atomic mass is 9.75. The summed E-state index contributed by atoms with van der Waals surface area (Å²) in [5.41, 5.74) is 8.32. The molecule has 0 N–H and O–H groups in total. The van der Waals surface area contributed by atoms with Gasteiger partial charge in [-0.1, -0.05) is 86.6 Å². The molecule has 0 aliphatic carbocycles. The monoisotopic (exact) mass is 515 g/mol. The fourth-order valence-corrected chi connectivity index (χ4v) is 5.66. The number of hydrogen-bond acceptors (Lipinski definition) is 4. The third-order valence-corrected chi connectivity index (χ3v) is 7.78. The lowest BCUT2D eigenvalue weighted by molar-refractivity contribution is 0.418. The zero-order valence-corrected chi connectivity index (χ0v) is 22.2. The number of rotatable bonds is 3. The number of fused-ring (bicyclic) bond motifs is 3. The van der Waals surface area contributed by atoms with E-state index in [1.54, 1.807) is 6.07 Å². The standard InChI is InChI=1S/C36H25N3O/c1-36(2)29-20-23(22-37)16-18-32(29)40-33-19-17-25(21-30(33)36)35-38-31-15-9-8-14-28(31)34(39-35)27-13-7-6-12-26(27)24-10-4-3-5-11-24/h3-21H,1-2H3. The summed E-state index contributed by atoms with van der Waals surface area (Å²) in [4.78, 5) is 10.2. The number of aromatic nitrogens is 2. The summed E-state index contributed by atoms with van der Waals surface area (Å²) in [6, 6.07) is 41.0. The smallest absolute Gasteiger partial charge is 0.160 e. The van der Waals surface area contributed by atoms with Crippen molar-refractivity contribution in [3.63, 3.8) is 0 Å². The van der Waals surface area contributed by atoms with E-state index in [9.17, 15) is 5.26 Å². The SMILES string of the molecule is CC1(C)c2cc(C#N)ccc2Oc2ccc(-c3nc(-c4ccccc4-c4ccccc4)c4ccccc4n3)cc21. The Balaban J connectivity index is 1.41. The fourth-order valence-electron chi connectivity index (χ4n) is 5.66. The van der Waals surface area contributed by atoms with E-state index in [2.05, 4.69) is 80.6 Å². The maximum atomic E-state index is 9.49. The molecule has 1 aliphatic rings. The van der Waals surface area contributed by atoms with E-state index in [4.69, 9.17) is 14.7 Å². The molecular weight excluding hydrogens is 490 g/mol. The van der Waals surface area contributed by atoms with Crippen LogP contribution in [0.2, 0.25) is 0 Å². The van der Waals surface area contributed by atoms with Gasteiger partial charge in [0.05, 0.1) is 22.8 Å². The van der Waals surface area contributed by atoms with Gasteiger partial charge in [-0.25, -0.2) is 9.97 Å². The molecule has 0 radical (unpaired) electrons. The number of nitriles is 1. The second-order valence-corrected chi connectivity index (χ2v) is 10.6. The third-order valence-electron chi connectivity index (χ3n) is 7.78. The van der Waals surface area contributed by atoms with Crippen LogP contribution in [0.15, 0.2) is 115 Å². The van der Waals surface area contributed by atoms with Crippen LogP contribution in [0.25, 0.3) is 44.7 Å². The fraction of sp³-hybridized carbons (Fsp3) is 0.0833. The number of benzene rings is 5. The van der Waals surface area contributed by atoms with Crippen molar-refractivity contribution in [1.82, 2.24) is 9.97 Å². The van der Waals surface area contributed by atoms with Crippen molar-refractivity contribution in [3.8, 4) is 51.3 Å². The van der Waals surface area contributed by atoms with E-state index in [0.717, 1.165) is 61.5 Å². The Hall–Kier alpha value is -5.27. The van der Waals surface area contributed by atoms with Crippen molar-refractivity contribution in [2.75, 3.05) is 0 Å². The van der Waals surface area contributed by atoms with Crippen molar-refractivity contribution >= 4 is 10.9 Å². The Morgan fingerprint density at radius 3 is 2.12 bits per heavy atom. The largest absolute Gasteiger partial charge is 0.457 e. The van der Waals surface area contributed by atoms with Gasteiger partial charge in [-0.05, 0) is 53.6 Å². The summed E-state index contributed by atoms with van der Waals surface area (Å²) in [5, 5.41) is 10.5. The van der Waals surface area contributed by atoms with Crippen LogP contribution in [0.3, 0.4) is 0 Å². The normalized spacial score (nSPS) is 13.1. The van der Waals surface area contributed by atoms with Gasteiger partial charge in [-0.15, -0.1) is 0 Å². The Morgan fingerprint density at radius 2 is 1.32 bits per heavy atom. The average Bonchev–Trinajstić information content (AvgIpc) is 3.01. The molecule has 1 aromatic heterocycles. The quantitative estimate of drug-likeness (QED) is 0.236. The molecule has 40 heavy (non-hydrogen) atoms. The van der Waals surface area contributed by atoms with Gasteiger partial charge >= 0.3 is 0 Å². The van der Waals surface area contributed by atoms with Gasteiger partial charge in [0.15, 0.2) is 5.82 Å². The van der Waals surface area contributed by atoms with Crippen LogP contribution in [0.5, 0.6) is 11.5 Å². The van der Waals surface area contributed by atoms with Crippen molar-refractivity contribution in [3.05, 3.63) is 132 Å². The summed E-state index contributed by atoms with van der Waals surface area (Å²) in [5.74, 6) is 2.25. The summed E-state index contributed by atoms with van der Waals surface area (Å²) in [7, 11) is 0. The van der Waals surface area contributed by atoms with Crippen molar-refractivity contribution in [2.45, 2.75) is 19.3 Å². The van der Waals surface area contributed by atoms with E-state index in [0.29, 0.717) is 11.4 Å². The molecule has 0 bridgehead atoms. The van der Waals surface area contributed by atoms with Gasteiger partial charge in [0.1, 0.15) is 11.5 Å². The molecule has 0 amide bonds. The average molecular weight is 516 g/mol. The highest BCUT2D eigenvalue weighted by Gasteiger charge is 2.35. The lowest BCUT2D eigenvalue weighted by Gasteiger charge is -2.34. The predicted molar refractivity (Wildman–Crippen MR) is 159 cm³/mol. The second kappa shape index (κ2) is 9.18. The highest BCUT2D eigenvalue weighted by atomic mass is 16.5. The molecule has 6 aromatic rings. The van der Waals surface area contributed by atoms with Crippen molar-refractivity contribution in [1.29, 1.82) is 5.26 Å². The Kier molecular flexibility index (Phi) is 5.47. The van der Waals surface area contributed by atoms with Crippen LogP contribution in [0, 0.1) is 11.3 Å². The first-order chi connectivity index (χ1) is 19.5. The second-order valence-electron chi connectivity index (χ2n) is 10.6. The van der Waals surface area contributed by atoms with E-state index in [1.165, 1.54) is 0 Å². The van der Waals surface area contributed by atoms with Gasteiger partial charge in [-0.3, -0.25) is 0 Å². The van der Waals surface area contributed by atoms with Crippen LogP contribution in [0.1, 0.15) is 30.5 Å². The highest BCUT2D eigenvalue weighted by Crippen LogP contribution is 2.49. The number of nitrogens with zero attached hydrogens (tertiary/aromatic N) is 3. The van der Waals surface area contributed by atoms with Crippen LogP contribution in [0.4, 0.5) is 0 Å². The van der Waals surface area contributed by atoms with Crippen LogP contribution < -0.4 is 4.74 Å². The summed E-state index contributed by atoms with van der Waals surface area (Å²) < 4.78 is 6.28. The Labute approximate surface area is 233 Å². The minimum Gasteiger partial charge on any atom is -0.457 e. The maximum Gasteiger partial charge on any atom is 0.160 e.